The smallest absolute Gasteiger partial charge is 0.223 e. The topological polar surface area (TPSA) is 50.7 Å². The van der Waals surface area contributed by atoms with E-state index in [2.05, 4.69) is 34.1 Å². The van der Waals surface area contributed by atoms with Crippen LogP contribution in [-0.4, -0.2) is 15.0 Å². The minimum absolute atomic E-state index is 0.140. The highest BCUT2D eigenvalue weighted by Gasteiger charge is 2.10. The Morgan fingerprint density at radius 2 is 1.81 bits per heavy atom. The first kappa shape index (κ1) is 11.0. The maximum atomic E-state index is 4.33. The van der Waals surface area contributed by atoms with Crippen LogP contribution in [0.15, 0.2) is 18.6 Å². The van der Waals surface area contributed by atoms with Crippen molar-refractivity contribution >= 4 is 17.3 Å². The van der Waals surface area contributed by atoms with Gasteiger partial charge in [0.05, 0.1) is 6.04 Å². The molecule has 0 aliphatic carbocycles. The first-order valence-corrected chi connectivity index (χ1v) is 5.94. The van der Waals surface area contributed by atoms with Crippen LogP contribution in [0.2, 0.25) is 0 Å². The van der Waals surface area contributed by atoms with Gasteiger partial charge in [-0.05, 0) is 26.3 Å². The van der Waals surface area contributed by atoms with E-state index in [4.69, 9.17) is 0 Å². The Morgan fingerprint density at radius 3 is 2.38 bits per heavy atom. The van der Waals surface area contributed by atoms with Gasteiger partial charge >= 0.3 is 0 Å². The van der Waals surface area contributed by atoms with Gasteiger partial charge in [-0.1, -0.05) is 0 Å². The summed E-state index contributed by atoms with van der Waals surface area (Å²) in [5.74, 6) is 0.644. The maximum absolute atomic E-state index is 4.33. The molecule has 0 spiro atoms. The molecule has 1 atom stereocenters. The van der Waals surface area contributed by atoms with Gasteiger partial charge in [-0.2, -0.15) is 0 Å². The first-order valence-electron chi connectivity index (χ1n) is 5.12. The summed E-state index contributed by atoms with van der Waals surface area (Å²) in [5, 5.41) is 4.28. The van der Waals surface area contributed by atoms with Gasteiger partial charge in [-0.15, -0.1) is 11.3 Å². The molecule has 5 heteroatoms. The molecule has 0 amide bonds. The second-order valence-electron chi connectivity index (χ2n) is 3.76. The summed E-state index contributed by atoms with van der Waals surface area (Å²) < 4.78 is 0. The van der Waals surface area contributed by atoms with Gasteiger partial charge in [0.2, 0.25) is 5.95 Å². The van der Waals surface area contributed by atoms with Crippen LogP contribution in [-0.2, 0) is 0 Å². The highest BCUT2D eigenvalue weighted by Crippen LogP contribution is 2.21. The minimum Gasteiger partial charge on any atom is -0.345 e. The number of nitrogens with one attached hydrogen (secondary N) is 1. The van der Waals surface area contributed by atoms with Crippen molar-refractivity contribution in [1.82, 2.24) is 15.0 Å². The zero-order valence-corrected chi connectivity index (χ0v) is 10.4. The van der Waals surface area contributed by atoms with Crippen molar-refractivity contribution < 1.29 is 0 Å². The lowest BCUT2D eigenvalue weighted by Crippen LogP contribution is -2.08. The number of nitrogens with zero attached hydrogens (tertiary/aromatic N) is 3. The van der Waals surface area contributed by atoms with Crippen molar-refractivity contribution in [2.45, 2.75) is 26.8 Å². The van der Waals surface area contributed by atoms with Gasteiger partial charge in [0.1, 0.15) is 5.01 Å². The molecule has 0 saturated carbocycles. The zero-order valence-electron chi connectivity index (χ0n) is 9.56. The number of aromatic nitrogens is 3. The predicted molar refractivity (Wildman–Crippen MR) is 65.7 cm³/mol. The zero-order chi connectivity index (χ0) is 11.5. The largest absolute Gasteiger partial charge is 0.345 e. The lowest BCUT2D eigenvalue weighted by Gasteiger charge is -2.10. The Bertz CT molecular complexity index is 463. The molecule has 2 aromatic rings. The van der Waals surface area contributed by atoms with E-state index in [-0.39, 0.29) is 6.04 Å². The molecule has 16 heavy (non-hydrogen) atoms. The fourth-order valence-corrected chi connectivity index (χ4v) is 2.07. The van der Waals surface area contributed by atoms with Crippen molar-refractivity contribution in [3.8, 4) is 0 Å². The molecule has 1 N–H and O–H groups in total. The molecule has 0 bridgehead atoms. The van der Waals surface area contributed by atoms with E-state index in [0.717, 1.165) is 10.6 Å². The fraction of sp³-hybridized carbons (Fsp3) is 0.364. The van der Waals surface area contributed by atoms with E-state index in [1.54, 1.807) is 23.7 Å². The molecular formula is C11H14N4S. The maximum Gasteiger partial charge on any atom is 0.223 e. The van der Waals surface area contributed by atoms with Crippen molar-refractivity contribution in [3.63, 3.8) is 0 Å². The Labute approximate surface area is 98.8 Å². The van der Waals surface area contributed by atoms with Gasteiger partial charge in [-0.3, -0.25) is 0 Å². The van der Waals surface area contributed by atoms with Crippen LogP contribution < -0.4 is 5.32 Å². The predicted octanol–water partition coefficient (Wildman–Crippen LogP) is 2.72. The van der Waals surface area contributed by atoms with Crippen LogP contribution in [0.3, 0.4) is 0 Å². The lowest BCUT2D eigenvalue weighted by atomic mass is 10.3. The van der Waals surface area contributed by atoms with E-state index >= 15 is 0 Å². The lowest BCUT2D eigenvalue weighted by molar-refractivity contribution is 0.847. The van der Waals surface area contributed by atoms with Gasteiger partial charge in [0.15, 0.2) is 0 Å². The third-order valence-electron chi connectivity index (χ3n) is 2.14. The number of anilines is 1. The van der Waals surface area contributed by atoms with Crippen LogP contribution >= 0.6 is 11.3 Å². The van der Waals surface area contributed by atoms with Crippen molar-refractivity contribution in [1.29, 1.82) is 0 Å². The van der Waals surface area contributed by atoms with Gasteiger partial charge < -0.3 is 5.32 Å². The molecule has 84 valence electrons. The second-order valence-corrected chi connectivity index (χ2v) is 5.03. The molecule has 0 fully saturated rings. The van der Waals surface area contributed by atoms with Crippen LogP contribution in [0.25, 0.3) is 0 Å². The van der Waals surface area contributed by atoms with E-state index < -0.39 is 0 Å². The summed E-state index contributed by atoms with van der Waals surface area (Å²) >= 11 is 1.69. The Morgan fingerprint density at radius 1 is 1.12 bits per heavy atom. The molecule has 0 aromatic carbocycles. The Kier molecular flexibility index (Phi) is 3.14. The molecule has 2 heterocycles. The molecule has 0 aliphatic rings. The summed E-state index contributed by atoms with van der Waals surface area (Å²) in [5.41, 5.74) is 1.06. The molecule has 1 unspecified atom stereocenters. The van der Waals surface area contributed by atoms with E-state index in [1.807, 2.05) is 13.1 Å². The van der Waals surface area contributed by atoms with Gasteiger partial charge in [-0.25, -0.2) is 15.0 Å². The summed E-state index contributed by atoms with van der Waals surface area (Å²) in [4.78, 5) is 14.0. The van der Waals surface area contributed by atoms with Crippen molar-refractivity contribution in [2.24, 2.45) is 0 Å². The quantitative estimate of drug-likeness (QED) is 0.887. The minimum atomic E-state index is 0.140. The van der Waals surface area contributed by atoms with Crippen LogP contribution in [0.5, 0.6) is 0 Å². The highest BCUT2D eigenvalue weighted by atomic mass is 32.1. The summed E-state index contributed by atoms with van der Waals surface area (Å²) in [6.07, 6.45) is 5.48. The van der Waals surface area contributed by atoms with Crippen LogP contribution in [0.4, 0.5) is 5.95 Å². The summed E-state index contributed by atoms with van der Waals surface area (Å²) in [7, 11) is 0. The molecule has 2 aromatic heterocycles. The fourth-order valence-electron chi connectivity index (χ4n) is 1.29. The number of aryl methyl sites for hydroxylation is 2. The Balaban J connectivity index is 2.07. The highest BCUT2D eigenvalue weighted by molar-refractivity contribution is 7.11. The Hall–Kier alpha value is -1.49. The molecule has 0 saturated heterocycles. The van der Waals surface area contributed by atoms with E-state index in [0.29, 0.717) is 5.95 Å². The van der Waals surface area contributed by atoms with Crippen LogP contribution in [0.1, 0.15) is 28.4 Å². The monoisotopic (exact) mass is 234 g/mol. The average Bonchev–Trinajstić information content (AvgIpc) is 2.68. The second kappa shape index (κ2) is 4.57. The SMILES string of the molecule is Cc1cnc(NC(C)c2ncc(C)s2)nc1. The molecule has 2 rings (SSSR count). The standard InChI is InChI=1S/C11H14N4S/c1-7-4-13-11(14-5-7)15-9(3)10-12-6-8(2)16-10/h4-6,9H,1-3H3,(H,13,14,15). The molecule has 0 aliphatic heterocycles. The molecule has 4 nitrogen and oxygen atoms in total. The van der Waals surface area contributed by atoms with Crippen molar-refractivity contribution in [2.75, 3.05) is 5.32 Å². The summed E-state index contributed by atoms with van der Waals surface area (Å²) in [6, 6.07) is 0.140. The van der Waals surface area contributed by atoms with Crippen molar-refractivity contribution in [3.05, 3.63) is 34.0 Å². The van der Waals surface area contributed by atoms with E-state index in [1.165, 1.54) is 4.88 Å². The molecular weight excluding hydrogens is 220 g/mol. The van der Waals surface area contributed by atoms with Gasteiger partial charge in [0, 0.05) is 23.5 Å². The third kappa shape index (κ3) is 2.55. The summed E-state index contributed by atoms with van der Waals surface area (Å²) in [6.45, 7) is 6.08. The number of hydrogen-bond donors (Lipinski definition) is 1. The molecule has 0 radical (unpaired) electrons. The third-order valence-corrected chi connectivity index (χ3v) is 3.23. The number of thiazole rings is 1. The van der Waals surface area contributed by atoms with Gasteiger partial charge in [0.25, 0.3) is 0 Å². The first-order chi connectivity index (χ1) is 7.65. The number of rotatable bonds is 3. The van der Waals surface area contributed by atoms with E-state index in [9.17, 15) is 0 Å². The van der Waals surface area contributed by atoms with Crippen LogP contribution in [0, 0.1) is 13.8 Å². The normalized spacial score (nSPS) is 12.4. The number of hydrogen-bond acceptors (Lipinski definition) is 5. The average molecular weight is 234 g/mol.